The zero-order valence-electron chi connectivity index (χ0n) is 13.6. The van der Waals surface area contributed by atoms with Crippen LogP contribution in [-0.2, 0) is 14.8 Å². The number of carboxylic acids is 1. The maximum Gasteiger partial charge on any atom is 0.324 e. The molecule has 0 atom stereocenters. The van der Waals surface area contributed by atoms with E-state index < -0.39 is 22.5 Å². The molecule has 5 nitrogen and oxygen atoms in total. The Labute approximate surface area is 150 Å². The molecule has 0 aromatic heterocycles. The van der Waals surface area contributed by atoms with E-state index in [0.29, 0.717) is 5.69 Å². The Kier molecular flexibility index (Phi) is 5.35. The SMILES string of the molecule is Cc1cc(C)c(N(CC(=O)O)S(=O)(=O)c2ccc(Br)cc2)c(C)c1. The van der Waals surface area contributed by atoms with Crippen LogP contribution in [0.1, 0.15) is 16.7 Å². The molecule has 0 unspecified atom stereocenters. The fourth-order valence-electron chi connectivity index (χ4n) is 2.71. The lowest BCUT2D eigenvalue weighted by molar-refractivity contribution is -0.135. The summed E-state index contributed by atoms with van der Waals surface area (Å²) in [4.78, 5) is 11.3. The summed E-state index contributed by atoms with van der Waals surface area (Å²) in [6, 6.07) is 9.81. The molecule has 0 aliphatic rings. The van der Waals surface area contributed by atoms with Crippen LogP contribution in [0.25, 0.3) is 0 Å². The van der Waals surface area contributed by atoms with E-state index in [1.165, 1.54) is 12.1 Å². The van der Waals surface area contributed by atoms with Gasteiger partial charge in [-0.15, -0.1) is 0 Å². The molecule has 0 amide bonds. The normalized spacial score (nSPS) is 11.3. The Balaban J connectivity index is 2.65. The van der Waals surface area contributed by atoms with E-state index in [1.54, 1.807) is 26.0 Å². The third kappa shape index (κ3) is 3.79. The maximum atomic E-state index is 13.0. The highest BCUT2D eigenvalue weighted by atomic mass is 79.9. The smallest absolute Gasteiger partial charge is 0.324 e. The first-order valence-electron chi connectivity index (χ1n) is 7.21. The zero-order valence-corrected chi connectivity index (χ0v) is 16.0. The lowest BCUT2D eigenvalue weighted by Gasteiger charge is -2.26. The highest BCUT2D eigenvalue weighted by molar-refractivity contribution is 9.10. The van der Waals surface area contributed by atoms with Gasteiger partial charge in [-0.2, -0.15) is 0 Å². The Bertz CT molecular complexity index is 853. The number of carbonyl (C=O) groups is 1. The molecule has 2 aromatic carbocycles. The van der Waals surface area contributed by atoms with Crippen LogP contribution in [0, 0.1) is 20.8 Å². The van der Waals surface area contributed by atoms with Crippen molar-refractivity contribution in [3.63, 3.8) is 0 Å². The van der Waals surface area contributed by atoms with Crippen molar-refractivity contribution in [1.29, 1.82) is 0 Å². The molecule has 0 aliphatic heterocycles. The summed E-state index contributed by atoms with van der Waals surface area (Å²) in [5.74, 6) is -1.21. The van der Waals surface area contributed by atoms with Gasteiger partial charge in [-0.1, -0.05) is 33.6 Å². The Morgan fingerprint density at radius 1 is 1.08 bits per heavy atom. The Morgan fingerprint density at radius 3 is 2.04 bits per heavy atom. The first kappa shape index (κ1) is 18.5. The van der Waals surface area contributed by atoms with Crippen molar-refractivity contribution in [2.75, 3.05) is 10.8 Å². The molecule has 0 fully saturated rings. The average molecular weight is 412 g/mol. The quantitative estimate of drug-likeness (QED) is 0.814. The lowest BCUT2D eigenvalue weighted by Crippen LogP contribution is -2.36. The molecule has 7 heteroatoms. The maximum absolute atomic E-state index is 13.0. The van der Waals surface area contributed by atoms with Gasteiger partial charge in [0.25, 0.3) is 10.0 Å². The van der Waals surface area contributed by atoms with E-state index in [-0.39, 0.29) is 4.90 Å². The number of nitrogens with zero attached hydrogens (tertiary/aromatic N) is 1. The van der Waals surface area contributed by atoms with Crippen molar-refractivity contribution in [2.24, 2.45) is 0 Å². The number of hydrogen-bond acceptors (Lipinski definition) is 3. The largest absolute Gasteiger partial charge is 0.480 e. The number of rotatable bonds is 5. The van der Waals surface area contributed by atoms with Gasteiger partial charge in [0.2, 0.25) is 0 Å². The standard InChI is InChI=1S/C17H18BrNO4S/c1-11-8-12(2)17(13(3)9-11)19(10-16(20)21)24(22,23)15-6-4-14(18)5-7-15/h4-9H,10H2,1-3H3,(H,20,21). The van der Waals surface area contributed by atoms with Crippen LogP contribution in [0.5, 0.6) is 0 Å². The zero-order chi connectivity index (χ0) is 18.1. The number of sulfonamides is 1. The summed E-state index contributed by atoms with van der Waals surface area (Å²) in [6.45, 7) is 4.83. The molecule has 0 bridgehead atoms. The predicted molar refractivity (Wildman–Crippen MR) is 97.0 cm³/mol. The summed E-state index contributed by atoms with van der Waals surface area (Å²) in [7, 11) is -3.99. The molecule has 0 saturated heterocycles. The average Bonchev–Trinajstić information content (AvgIpc) is 2.45. The van der Waals surface area contributed by atoms with Crippen LogP contribution >= 0.6 is 15.9 Å². The fraction of sp³-hybridized carbons (Fsp3) is 0.235. The first-order valence-corrected chi connectivity index (χ1v) is 9.44. The van der Waals surface area contributed by atoms with Gasteiger partial charge in [0, 0.05) is 4.47 Å². The minimum absolute atomic E-state index is 0.0475. The van der Waals surface area contributed by atoms with Crippen LogP contribution in [0.3, 0.4) is 0 Å². The number of hydrogen-bond donors (Lipinski definition) is 1. The van der Waals surface area contributed by atoms with Crippen molar-refractivity contribution in [3.8, 4) is 0 Å². The van der Waals surface area contributed by atoms with E-state index in [9.17, 15) is 18.3 Å². The van der Waals surface area contributed by atoms with Crippen molar-refractivity contribution < 1.29 is 18.3 Å². The number of halogens is 1. The van der Waals surface area contributed by atoms with Crippen LogP contribution in [0.15, 0.2) is 45.8 Å². The van der Waals surface area contributed by atoms with E-state index in [2.05, 4.69) is 15.9 Å². The van der Waals surface area contributed by atoms with Crippen molar-refractivity contribution in [3.05, 3.63) is 57.6 Å². The van der Waals surface area contributed by atoms with Crippen molar-refractivity contribution in [1.82, 2.24) is 0 Å². The van der Waals surface area contributed by atoms with Gasteiger partial charge in [0.15, 0.2) is 0 Å². The third-order valence-corrected chi connectivity index (χ3v) is 5.85. The van der Waals surface area contributed by atoms with Crippen LogP contribution < -0.4 is 4.31 Å². The summed E-state index contributed by atoms with van der Waals surface area (Å²) >= 11 is 3.26. The van der Waals surface area contributed by atoms with Crippen molar-refractivity contribution >= 4 is 37.6 Å². The fourth-order valence-corrected chi connectivity index (χ4v) is 4.51. The number of aliphatic carboxylic acids is 1. The number of carboxylic acid groups (broad SMARTS) is 1. The summed E-state index contributed by atoms with van der Waals surface area (Å²) in [5.41, 5.74) is 2.83. The van der Waals surface area contributed by atoms with Gasteiger partial charge in [-0.25, -0.2) is 8.42 Å². The molecular weight excluding hydrogens is 394 g/mol. The summed E-state index contributed by atoms with van der Waals surface area (Å²) < 4.78 is 27.7. The topological polar surface area (TPSA) is 74.7 Å². The minimum atomic E-state index is -3.99. The van der Waals surface area contributed by atoms with E-state index >= 15 is 0 Å². The highest BCUT2D eigenvalue weighted by Crippen LogP contribution is 2.31. The second kappa shape index (κ2) is 6.94. The molecular formula is C17H18BrNO4S. The third-order valence-electron chi connectivity index (χ3n) is 3.57. The molecule has 0 spiro atoms. The van der Waals surface area contributed by atoms with Gasteiger partial charge in [-0.05, 0) is 56.2 Å². The van der Waals surface area contributed by atoms with Gasteiger partial charge in [-0.3, -0.25) is 9.10 Å². The molecule has 2 rings (SSSR count). The lowest BCUT2D eigenvalue weighted by atomic mass is 10.1. The van der Waals surface area contributed by atoms with Gasteiger partial charge in [0.05, 0.1) is 10.6 Å². The van der Waals surface area contributed by atoms with Gasteiger partial charge in [0.1, 0.15) is 6.54 Å². The molecule has 24 heavy (non-hydrogen) atoms. The second-order valence-electron chi connectivity index (χ2n) is 5.61. The summed E-state index contributed by atoms with van der Waals surface area (Å²) in [5, 5.41) is 9.22. The molecule has 1 N–H and O–H groups in total. The molecule has 2 aromatic rings. The van der Waals surface area contributed by atoms with Crippen LogP contribution in [0.4, 0.5) is 5.69 Å². The summed E-state index contributed by atoms with van der Waals surface area (Å²) in [6.07, 6.45) is 0. The van der Waals surface area contributed by atoms with E-state index in [1.807, 2.05) is 19.1 Å². The number of anilines is 1. The molecule has 128 valence electrons. The van der Waals surface area contributed by atoms with E-state index in [0.717, 1.165) is 25.5 Å². The first-order chi connectivity index (χ1) is 11.1. The van der Waals surface area contributed by atoms with Crippen molar-refractivity contribution in [2.45, 2.75) is 25.7 Å². The minimum Gasteiger partial charge on any atom is -0.480 e. The predicted octanol–water partition coefficient (Wildman–Crippen LogP) is 3.65. The monoisotopic (exact) mass is 411 g/mol. The molecule has 0 heterocycles. The van der Waals surface area contributed by atoms with Crippen LogP contribution in [0.2, 0.25) is 0 Å². The Hall–Kier alpha value is -1.86. The van der Waals surface area contributed by atoms with Gasteiger partial charge < -0.3 is 5.11 Å². The molecule has 0 aliphatic carbocycles. The highest BCUT2D eigenvalue weighted by Gasteiger charge is 2.29. The van der Waals surface area contributed by atoms with Crippen LogP contribution in [-0.4, -0.2) is 26.0 Å². The van der Waals surface area contributed by atoms with Gasteiger partial charge >= 0.3 is 5.97 Å². The second-order valence-corrected chi connectivity index (χ2v) is 8.38. The number of benzene rings is 2. The Morgan fingerprint density at radius 2 is 1.58 bits per heavy atom. The number of aryl methyl sites for hydroxylation is 3. The molecule has 0 saturated carbocycles. The molecule has 0 radical (unpaired) electrons. The van der Waals surface area contributed by atoms with E-state index in [4.69, 9.17) is 0 Å².